The van der Waals surface area contributed by atoms with Crippen LogP contribution in [0.25, 0.3) is 33.2 Å². The van der Waals surface area contributed by atoms with Gasteiger partial charge >= 0.3 is 0 Å². The van der Waals surface area contributed by atoms with Crippen molar-refractivity contribution < 1.29 is 9.59 Å². The van der Waals surface area contributed by atoms with Gasteiger partial charge in [0.1, 0.15) is 11.6 Å². The highest BCUT2D eigenvalue weighted by Crippen LogP contribution is 2.28. The number of fused-ring (bicyclic) bond motifs is 2. The van der Waals surface area contributed by atoms with E-state index in [4.69, 9.17) is 9.97 Å². The third-order valence-electron chi connectivity index (χ3n) is 8.71. The summed E-state index contributed by atoms with van der Waals surface area (Å²) in [5, 5.41) is 0. The third kappa shape index (κ3) is 7.55. The Morgan fingerprint density at radius 3 is 2.12 bits per heavy atom. The zero-order valence-electron chi connectivity index (χ0n) is 27.7. The van der Waals surface area contributed by atoms with Crippen LogP contribution >= 0.6 is 0 Å². The molecule has 0 bridgehead atoms. The van der Waals surface area contributed by atoms with Gasteiger partial charge in [-0.05, 0) is 66.3 Å². The number of rotatable bonds is 14. The summed E-state index contributed by atoms with van der Waals surface area (Å²) in [5.74, 6) is 1.66. The zero-order valence-corrected chi connectivity index (χ0v) is 27.7. The van der Waals surface area contributed by atoms with Crippen molar-refractivity contribution in [1.82, 2.24) is 29.7 Å². The maximum atomic E-state index is 13.3. The zero-order chi connectivity index (χ0) is 33.5. The highest BCUT2D eigenvalue weighted by molar-refractivity contribution is 5.87. The molecule has 2 aromatic heterocycles. The number of hydrogen-bond acceptors (Lipinski definition) is 4. The fraction of sp³-hybridized carbons (Fsp3) is 0.250. The number of carbonyl (C=O) groups excluding carboxylic acids is 2. The first-order valence-corrected chi connectivity index (χ1v) is 16.7. The van der Waals surface area contributed by atoms with Crippen molar-refractivity contribution in [2.45, 2.75) is 52.1 Å². The quantitative estimate of drug-likeness (QED) is 0.119. The number of imidazole rings is 2. The number of aromatic nitrogens is 4. The summed E-state index contributed by atoms with van der Waals surface area (Å²) in [6.45, 7) is 9.60. The van der Waals surface area contributed by atoms with Gasteiger partial charge in [-0.3, -0.25) is 9.59 Å². The minimum atomic E-state index is -0.192. The molecule has 8 heteroatoms. The molecule has 244 valence electrons. The van der Waals surface area contributed by atoms with Gasteiger partial charge in [0.2, 0.25) is 11.8 Å². The highest BCUT2D eigenvalue weighted by atomic mass is 16.2. The number of nitrogens with zero attached hydrogens (tertiary/aromatic N) is 4. The van der Waals surface area contributed by atoms with E-state index in [0.717, 1.165) is 62.4 Å². The Morgan fingerprint density at radius 1 is 0.771 bits per heavy atom. The number of amides is 2. The second-order valence-electron chi connectivity index (χ2n) is 12.2. The number of aromatic amines is 2. The first-order valence-electron chi connectivity index (χ1n) is 16.7. The van der Waals surface area contributed by atoms with Gasteiger partial charge in [0.15, 0.2) is 0 Å². The summed E-state index contributed by atoms with van der Waals surface area (Å²) in [7, 11) is 0. The second kappa shape index (κ2) is 14.9. The van der Waals surface area contributed by atoms with Gasteiger partial charge in [0.05, 0.1) is 47.5 Å². The Balaban J connectivity index is 1.19. The van der Waals surface area contributed by atoms with E-state index in [1.165, 1.54) is 0 Å². The first-order chi connectivity index (χ1) is 23.4. The maximum absolute atomic E-state index is 13.3. The van der Waals surface area contributed by atoms with E-state index in [1.807, 2.05) is 95.6 Å². The molecule has 0 aliphatic heterocycles. The Labute approximate surface area is 281 Å². The average molecular weight is 639 g/mol. The lowest BCUT2D eigenvalue weighted by atomic mass is 10.0. The molecule has 0 spiro atoms. The number of H-pyrrole nitrogens is 2. The molecule has 2 heterocycles. The number of nitrogens with one attached hydrogen (secondary N) is 2. The minimum absolute atomic E-state index is 0.0589. The fourth-order valence-electron chi connectivity index (χ4n) is 6.12. The van der Waals surface area contributed by atoms with Gasteiger partial charge in [0.25, 0.3) is 0 Å². The Morgan fingerprint density at radius 2 is 1.44 bits per heavy atom. The predicted molar refractivity (Wildman–Crippen MR) is 192 cm³/mol. The Bertz CT molecular complexity index is 2010. The van der Waals surface area contributed by atoms with Gasteiger partial charge < -0.3 is 19.8 Å². The molecule has 48 heavy (non-hydrogen) atoms. The van der Waals surface area contributed by atoms with E-state index in [0.29, 0.717) is 38.9 Å². The third-order valence-corrected chi connectivity index (χ3v) is 8.71. The molecule has 4 aromatic carbocycles. The van der Waals surface area contributed by atoms with Crippen LogP contribution in [0.2, 0.25) is 0 Å². The molecule has 0 aliphatic carbocycles. The predicted octanol–water partition coefficient (Wildman–Crippen LogP) is 7.80. The van der Waals surface area contributed by atoms with Crippen LogP contribution in [0, 0.1) is 0 Å². The average Bonchev–Trinajstić information content (AvgIpc) is 3.72. The van der Waals surface area contributed by atoms with Crippen LogP contribution in [-0.4, -0.2) is 54.6 Å². The molecule has 8 nitrogen and oxygen atoms in total. The minimum Gasteiger partial charge on any atom is -0.340 e. The van der Waals surface area contributed by atoms with Crippen LogP contribution in [0.4, 0.5) is 0 Å². The highest BCUT2D eigenvalue weighted by Gasteiger charge is 2.24. The number of benzene rings is 4. The van der Waals surface area contributed by atoms with Crippen molar-refractivity contribution in [3.8, 4) is 11.1 Å². The molecule has 0 aliphatic rings. The molecule has 0 radical (unpaired) electrons. The van der Waals surface area contributed by atoms with E-state index in [9.17, 15) is 9.59 Å². The van der Waals surface area contributed by atoms with Crippen molar-refractivity contribution in [3.63, 3.8) is 0 Å². The molecule has 2 amide bonds. The standard InChI is InChI=1S/C40H42N6O2/c1-4-6-22-45(38(47)23-29-13-9-7-10-14-29)27-37-41-33-19-17-31(25-35(33)42-37)32-18-20-34-36(26-32)44-40(43-34)28(3)46(21-5-2)39(48)24-30-15-11-8-12-16-30/h4,7-20,25-26,28H,1,5-6,21-24,27H2,2-3H3,(H,41,42)(H,43,44)/t28-/m0/s1. The summed E-state index contributed by atoms with van der Waals surface area (Å²) in [6, 6.07) is 31.9. The smallest absolute Gasteiger partial charge is 0.227 e. The van der Waals surface area contributed by atoms with Crippen LogP contribution in [0.1, 0.15) is 55.5 Å². The van der Waals surface area contributed by atoms with E-state index < -0.39 is 0 Å². The van der Waals surface area contributed by atoms with E-state index >= 15 is 0 Å². The second-order valence-corrected chi connectivity index (χ2v) is 12.2. The Hall–Kier alpha value is -5.50. The Kier molecular flexibility index (Phi) is 10.1. The lowest BCUT2D eigenvalue weighted by molar-refractivity contribution is -0.133. The molecule has 0 unspecified atom stereocenters. The molecule has 0 fully saturated rings. The summed E-state index contributed by atoms with van der Waals surface area (Å²) < 4.78 is 0. The number of carbonyl (C=O) groups is 2. The number of hydrogen-bond donors (Lipinski definition) is 2. The van der Waals surface area contributed by atoms with Crippen molar-refractivity contribution in [1.29, 1.82) is 0 Å². The van der Waals surface area contributed by atoms with E-state index in [2.05, 4.69) is 47.7 Å². The SMILES string of the molecule is C=CCCN(Cc1nc2ccc(-c3ccc4[nH]c([C@H](C)N(CCC)C(=O)Cc5ccccc5)nc4c3)cc2[nH]1)C(=O)Cc1ccccc1. The molecule has 2 N–H and O–H groups in total. The summed E-state index contributed by atoms with van der Waals surface area (Å²) in [5.41, 5.74) is 7.60. The van der Waals surface area contributed by atoms with Crippen molar-refractivity contribution in [3.05, 3.63) is 132 Å². The van der Waals surface area contributed by atoms with Gasteiger partial charge in [-0.1, -0.05) is 85.8 Å². The topological polar surface area (TPSA) is 98.0 Å². The van der Waals surface area contributed by atoms with Gasteiger partial charge in [-0.25, -0.2) is 9.97 Å². The molecule has 1 atom stereocenters. The molecule has 6 aromatic rings. The van der Waals surface area contributed by atoms with Gasteiger partial charge in [0, 0.05) is 13.1 Å². The molecular formula is C40H42N6O2. The fourth-order valence-corrected chi connectivity index (χ4v) is 6.12. The summed E-state index contributed by atoms with van der Waals surface area (Å²) >= 11 is 0. The van der Waals surface area contributed by atoms with Crippen LogP contribution in [-0.2, 0) is 29.0 Å². The van der Waals surface area contributed by atoms with Crippen LogP contribution in [0.3, 0.4) is 0 Å². The van der Waals surface area contributed by atoms with Crippen molar-refractivity contribution >= 4 is 33.9 Å². The summed E-state index contributed by atoms with van der Waals surface area (Å²) in [6.07, 6.45) is 4.12. The lowest BCUT2D eigenvalue weighted by Gasteiger charge is -2.28. The lowest BCUT2D eigenvalue weighted by Crippen LogP contribution is -2.35. The van der Waals surface area contributed by atoms with Crippen LogP contribution in [0.5, 0.6) is 0 Å². The van der Waals surface area contributed by atoms with Gasteiger partial charge in [-0.15, -0.1) is 6.58 Å². The first kappa shape index (κ1) is 32.4. The molecule has 0 saturated carbocycles. The van der Waals surface area contributed by atoms with Crippen molar-refractivity contribution in [2.24, 2.45) is 0 Å². The van der Waals surface area contributed by atoms with Crippen LogP contribution in [0.15, 0.2) is 110 Å². The largest absolute Gasteiger partial charge is 0.340 e. The maximum Gasteiger partial charge on any atom is 0.227 e. The summed E-state index contributed by atoms with van der Waals surface area (Å²) in [4.78, 5) is 47.0. The molecule has 0 saturated heterocycles. The molecule has 6 rings (SSSR count). The normalized spacial score (nSPS) is 11.9. The monoisotopic (exact) mass is 638 g/mol. The van der Waals surface area contributed by atoms with Gasteiger partial charge in [-0.2, -0.15) is 0 Å². The van der Waals surface area contributed by atoms with E-state index in [1.54, 1.807) is 0 Å². The van der Waals surface area contributed by atoms with Crippen LogP contribution < -0.4 is 0 Å². The van der Waals surface area contributed by atoms with Crippen molar-refractivity contribution in [2.75, 3.05) is 13.1 Å². The van der Waals surface area contributed by atoms with E-state index in [-0.39, 0.29) is 17.9 Å². The molecular weight excluding hydrogens is 596 g/mol.